The fourth-order valence-corrected chi connectivity index (χ4v) is 3.13. The lowest BCUT2D eigenvalue weighted by Crippen LogP contribution is -2.25. The average molecular weight is 421 g/mol. The molecule has 0 bridgehead atoms. The molecule has 0 fully saturated rings. The summed E-state index contributed by atoms with van der Waals surface area (Å²) in [5.41, 5.74) is 2.03. The predicted molar refractivity (Wildman–Crippen MR) is 112 cm³/mol. The van der Waals surface area contributed by atoms with E-state index < -0.39 is 0 Å². The van der Waals surface area contributed by atoms with Crippen LogP contribution in [0, 0.1) is 5.82 Å². The van der Waals surface area contributed by atoms with Crippen molar-refractivity contribution in [3.63, 3.8) is 0 Å². The van der Waals surface area contributed by atoms with Gasteiger partial charge in [-0.25, -0.2) is 9.07 Å². The van der Waals surface area contributed by atoms with Crippen LogP contribution < -0.4 is 14.8 Å². The molecule has 0 aliphatic carbocycles. The number of aromatic nitrogens is 2. The van der Waals surface area contributed by atoms with E-state index in [0.717, 1.165) is 0 Å². The van der Waals surface area contributed by atoms with E-state index >= 15 is 0 Å². The zero-order valence-electron chi connectivity index (χ0n) is 17.0. The Kier molecular flexibility index (Phi) is 5.70. The van der Waals surface area contributed by atoms with Crippen LogP contribution in [-0.4, -0.2) is 29.9 Å². The third kappa shape index (κ3) is 4.28. The number of methoxy groups -OCH3 is 2. The van der Waals surface area contributed by atoms with Crippen LogP contribution in [0.3, 0.4) is 0 Å². The molecule has 0 radical (unpaired) electrons. The van der Waals surface area contributed by atoms with Gasteiger partial charge in [0.2, 0.25) is 0 Å². The highest BCUT2D eigenvalue weighted by molar-refractivity contribution is 5.94. The molecule has 4 aromatic rings. The van der Waals surface area contributed by atoms with E-state index in [4.69, 9.17) is 13.9 Å². The standard InChI is InChI=1S/C23H20FN3O4/c1-29-17-9-10-19(22(12-17)30-2)20-13-21(23(28)25-14-18-4-3-11-31-18)27(26-20)16-7-5-15(24)6-8-16/h3-13H,14H2,1-2H3,(H,25,28). The van der Waals surface area contributed by atoms with Gasteiger partial charge in [0, 0.05) is 11.6 Å². The maximum absolute atomic E-state index is 13.4. The van der Waals surface area contributed by atoms with E-state index in [0.29, 0.717) is 34.2 Å². The number of furan rings is 1. The van der Waals surface area contributed by atoms with E-state index in [1.54, 1.807) is 62.8 Å². The molecule has 0 atom stereocenters. The van der Waals surface area contributed by atoms with E-state index in [2.05, 4.69) is 10.4 Å². The molecule has 0 unspecified atom stereocenters. The molecule has 2 aromatic heterocycles. The molecule has 0 saturated heterocycles. The molecule has 8 heteroatoms. The quantitative estimate of drug-likeness (QED) is 0.483. The summed E-state index contributed by atoms with van der Waals surface area (Å²) in [5, 5.41) is 7.42. The minimum Gasteiger partial charge on any atom is -0.497 e. The minimum absolute atomic E-state index is 0.224. The van der Waals surface area contributed by atoms with Crippen LogP contribution in [0.2, 0.25) is 0 Å². The maximum atomic E-state index is 13.4. The molecular weight excluding hydrogens is 401 g/mol. The van der Waals surface area contributed by atoms with Gasteiger partial charge in [0.05, 0.1) is 38.4 Å². The number of nitrogens with zero attached hydrogens (tertiary/aromatic N) is 2. The number of rotatable bonds is 7. The van der Waals surface area contributed by atoms with Gasteiger partial charge in [0.1, 0.15) is 28.8 Å². The summed E-state index contributed by atoms with van der Waals surface area (Å²) in [6.45, 7) is 0.224. The van der Waals surface area contributed by atoms with Crippen molar-refractivity contribution >= 4 is 5.91 Å². The highest BCUT2D eigenvalue weighted by Gasteiger charge is 2.20. The summed E-state index contributed by atoms with van der Waals surface area (Å²) >= 11 is 0. The Hall–Kier alpha value is -4.07. The van der Waals surface area contributed by atoms with Crippen molar-refractivity contribution in [1.82, 2.24) is 15.1 Å². The fourth-order valence-electron chi connectivity index (χ4n) is 3.13. The van der Waals surface area contributed by atoms with Crippen LogP contribution in [-0.2, 0) is 6.54 Å². The van der Waals surface area contributed by atoms with Crippen LogP contribution in [0.25, 0.3) is 16.9 Å². The predicted octanol–water partition coefficient (Wildman–Crippen LogP) is 4.22. The van der Waals surface area contributed by atoms with Gasteiger partial charge >= 0.3 is 0 Å². The molecule has 2 heterocycles. The van der Waals surface area contributed by atoms with Crippen LogP contribution in [0.4, 0.5) is 4.39 Å². The molecule has 0 aliphatic heterocycles. The first-order chi connectivity index (χ1) is 15.1. The van der Waals surface area contributed by atoms with Crippen molar-refractivity contribution < 1.29 is 23.1 Å². The first-order valence-corrected chi connectivity index (χ1v) is 9.48. The van der Waals surface area contributed by atoms with Crippen LogP contribution in [0.5, 0.6) is 11.5 Å². The molecule has 0 aliphatic rings. The summed E-state index contributed by atoms with van der Waals surface area (Å²) in [4.78, 5) is 13.0. The topological polar surface area (TPSA) is 78.5 Å². The second-order valence-electron chi connectivity index (χ2n) is 6.63. The molecular formula is C23H20FN3O4. The number of amides is 1. The Morgan fingerprint density at radius 2 is 1.90 bits per heavy atom. The molecule has 31 heavy (non-hydrogen) atoms. The summed E-state index contributed by atoms with van der Waals surface area (Å²) in [6, 6.07) is 16.2. The average Bonchev–Trinajstić information content (AvgIpc) is 3.48. The Morgan fingerprint density at radius 1 is 1.10 bits per heavy atom. The second-order valence-corrected chi connectivity index (χ2v) is 6.63. The van der Waals surface area contributed by atoms with Gasteiger partial charge in [-0.15, -0.1) is 0 Å². The Morgan fingerprint density at radius 3 is 2.58 bits per heavy atom. The van der Waals surface area contributed by atoms with Crippen molar-refractivity contribution in [2.45, 2.75) is 6.54 Å². The van der Waals surface area contributed by atoms with Gasteiger partial charge in [-0.1, -0.05) is 0 Å². The molecule has 4 rings (SSSR count). The highest BCUT2D eigenvalue weighted by Crippen LogP contribution is 2.33. The molecule has 158 valence electrons. The first-order valence-electron chi connectivity index (χ1n) is 9.48. The molecule has 7 nitrogen and oxygen atoms in total. The smallest absolute Gasteiger partial charge is 0.270 e. The van der Waals surface area contributed by atoms with Gasteiger partial charge in [0.15, 0.2) is 0 Å². The Balaban J connectivity index is 1.75. The number of benzene rings is 2. The zero-order valence-corrected chi connectivity index (χ0v) is 17.0. The van der Waals surface area contributed by atoms with Crippen LogP contribution >= 0.6 is 0 Å². The lowest BCUT2D eigenvalue weighted by atomic mass is 10.1. The molecule has 0 spiro atoms. The fraction of sp³-hybridized carbons (Fsp3) is 0.130. The number of halogens is 1. The first kappa shape index (κ1) is 20.2. The largest absolute Gasteiger partial charge is 0.497 e. The van der Waals surface area contributed by atoms with E-state index in [-0.39, 0.29) is 24.0 Å². The Labute approximate surface area is 178 Å². The van der Waals surface area contributed by atoms with Crippen molar-refractivity contribution in [1.29, 1.82) is 0 Å². The molecule has 2 aromatic carbocycles. The monoisotopic (exact) mass is 421 g/mol. The number of nitrogens with one attached hydrogen (secondary N) is 1. The zero-order chi connectivity index (χ0) is 21.8. The third-order valence-corrected chi connectivity index (χ3v) is 4.70. The lowest BCUT2D eigenvalue weighted by Gasteiger charge is -2.08. The van der Waals surface area contributed by atoms with Gasteiger partial charge in [-0.2, -0.15) is 5.10 Å². The summed E-state index contributed by atoms with van der Waals surface area (Å²) < 4.78 is 30.9. The normalized spacial score (nSPS) is 10.7. The van der Waals surface area contributed by atoms with E-state index in [1.807, 2.05) is 0 Å². The summed E-state index contributed by atoms with van der Waals surface area (Å²) in [7, 11) is 3.12. The molecule has 1 N–H and O–H groups in total. The maximum Gasteiger partial charge on any atom is 0.270 e. The van der Waals surface area contributed by atoms with Crippen molar-refractivity contribution in [2.24, 2.45) is 0 Å². The number of hydrogen-bond acceptors (Lipinski definition) is 5. The minimum atomic E-state index is -0.378. The van der Waals surface area contributed by atoms with Gasteiger partial charge in [-0.3, -0.25) is 4.79 Å². The number of hydrogen-bond donors (Lipinski definition) is 1. The van der Waals surface area contributed by atoms with Crippen LogP contribution in [0.15, 0.2) is 71.3 Å². The van der Waals surface area contributed by atoms with E-state index in [9.17, 15) is 9.18 Å². The third-order valence-electron chi connectivity index (χ3n) is 4.70. The Bertz CT molecular complexity index is 1180. The van der Waals surface area contributed by atoms with Crippen molar-refractivity contribution in [3.05, 3.63) is 84.2 Å². The van der Waals surface area contributed by atoms with Crippen molar-refractivity contribution in [3.8, 4) is 28.4 Å². The van der Waals surface area contributed by atoms with Gasteiger partial charge < -0.3 is 19.2 Å². The number of carbonyl (C=O) groups is 1. The van der Waals surface area contributed by atoms with Crippen LogP contribution in [0.1, 0.15) is 16.2 Å². The highest BCUT2D eigenvalue weighted by atomic mass is 19.1. The number of ether oxygens (including phenoxy) is 2. The second kappa shape index (κ2) is 8.74. The summed E-state index contributed by atoms with van der Waals surface area (Å²) in [6.07, 6.45) is 1.54. The van der Waals surface area contributed by atoms with E-state index in [1.165, 1.54) is 23.1 Å². The molecule has 1 amide bonds. The lowest BCUT2D eigenvalue weighted by molar-refractivity contribution is 0.0940. The van der Waals surface area contributed by atoms with Gasteiger partial charge in [-0.05, 0) is 54.6 Å². The SMILES string of the molecule is COc1ccc(-c2cc(C(=O)NCc3ccco3)n(-c3ccc(F)cc3)n2)c(OC)c1. The van der Waals surface area contributed by atoms with Gasteiger partial charge in [0.25, 0.3) is 5.91 Å². The number of carbonyl (C=O) groups excluding carboxylic acids is 1. The van der Waals surface area contributed by atoms with Crippen molar-refractivity contribution in [2.75, 3.05) is 14.2 Å². The summed E-state index contributed by atoms with van der Waals surface area (Å²) in [5.74, 6) is 1.07. The molecule has 0 saturated carbocycles.